The highest BCUT2D eigenvalue weighted by Gasteiger charge is 2.31. The molecule has 0 spiro atoms. The van der Waals surface area contributed by atoms with Crippen LogP contribution in [0.15, 0.2) is 18.3 Å². The zero-order valence-corrected chi connectivity index (χ0v) is 10.4. The van der Waals surface area contributed by atoms with Crippen molar-refractivity contribution < 1.29 is 14.6 Å². The summed E-state index contributed by atoms with van der Waals surface area (Å²) in [7, 11) is 0. The molecule has 1 aromatic rings. The standard InChI is InChI=1S/C13H18N2O3/c1-2-18-12-7-6-9(8-14-12)15-13(17)10-4-3-5-11(10)16/h6-8,10-11,16H,2-5H2,1H3,(H,15,17). The number of amides is 1. The molecule has 2 unspecified atom stereocenters. The number of aromatic nitrogens is 1. The molecular weight excluding hydrogens is 232 g/mol. The predicted molar refractivity (Wildman–Crippen MR) is 67.4 cm³/mol. The molecule has 1 fully saturated rings. The van der Waals surface area contributed by atoms with Crippen LogP contribution in [0.5, 0.6) is 5.88 Å². The molecule has 1 aliphatic rings. The SMILES string of the molecule is CCOc1ccc(NC(=O)C2CCCC2O)cn1. The number of nitrogens with one attached hydrogen (secondary N) is 1. The summed E-state index contributed by atoms with van der Waals surface area (Å²) < 4.78 is 5.22. The lowest BCUT2D eigenvalue weighted by molar-refractivity contribution is -0.122. The van der Waals surface area contributed by atoms with Crippen molar-refractivity contribution in [3.05, 3.63) is 18.3 Å². The minimum Gasteiger partial charge on any atom is -0.478 e. The fraction of sp³-hybridized carbons (Fsp3) is 0.538. The number of carbonyl (C=O) groups excluding carboxylic acids is 1. The Labute approximate surface area is 106 Å². The molecule has 18 heavy (non-hydrogen) atoms. The second kappa shape index (κ2) is 5.82. The first-order valence-electron chi connectivity index (χ1n) is 6.28. The number of carbonyl (C=O) groups is 1. The van der Waals surface area contributed by atoms with Crippen molar-refractivity contribution in [2.75, 3.05) is 11.9 Å². The highest BCUT2D eigenvalue weighted by atomic mass is 16.5. The smallest absolute Gasteiger partial charge is 0.230 e. The number of aliphatic hydroxyl groups is 1. The number of hydrogen-bond acceptors (Lipinski definition) is 4. The molecule has 0 radical (unpaired) electrons. The summed E-state index contributed by atoms with van der Waals surface area (Å²) in [6, 6.07) is 3.46. The quantitative estimate of drug-likeness (QED) is 0.851. The van der Waals surface area contributed by atoms with Crippen LogP contribution in [0.3, 0.4) is 0 Å². The Morgan fingerprint density at radius 3 is 2.94 bits per heavy atom. The molecule has 0 bridgehead atoms. The predicted octanol–water partition coefficient (Wildman–Crippen LogP) is 1.58. The van der Waals surface area contributed by atoms with Crippen LogP contribution < -0.4 is 10.1 Å². The van der Waals surface area contributed by atoms with Crippen molar-refractivity contribution in [3.63, 3.8) is 0 Å². The Hall–Kier alpha value is -1.62. The molecule has 2 rings (SSSR count). The Bertz CT molecular complexity index is 405. The van der Waals surface area contributed by atoms with Gasteiger partial charge in [0.25, 0.3) is 0 Å². The van der Waals surface area contributed by atoms with Crippen molar-refractivity contribution in [2.24, 2.45) is 5.92 Å². The van der Waals surface area contributed by atoms with E-state index >= 15 is 0 Å². The molecule has 1 saturated carbocycles. The van der Waals surface area contributed by atoms with E-state index in [1.54, 1.807) is 18.3 Å². The van der Waals surface area contributed by atoms with Crippen molar-refractivity contribution in [3.8, 4) is 5.88 Å². The van der Waals surface area contributed by atoms with Gasteiger partial charge in [0.15, 0.2) is 0 Å². The lowest BCUT2D eigenvalue weighted by atomic mass is 10.1. The van der Waals surface area contributed by atoms with Crippen LogP contribution in [0.1, 0.15) is 26.2 Å². The van der Waals surface area contributed by atoms with Crippen LogP contribution in [0.4, 0.5) is 5.69 Å². The van der Waals surface area contributed by atoms with Gasteiger partial charge in [-0.3, -0.25) is 4.79 Å². The van der Waals surface area contributed by atoms with Crippen molar-refractivity contribution >= 4 is 11.6 Å². The average Bonchev–Trinajstić information content (AvgIpc) is 2.78. The summed E-state index contributed by atoms with van der Waals surface area (Å²) in [5.41, 5.74) is 0.627. The van der Waals surface area contributed by atoms with Gasteiger partial charge in [-0.05, 0) is 32.3 Å². The zero-order chi connectivity index (χ0) is 13.0. The van der Waals surface area contributed by atoms with Crippen LogP contribution in [-0.4, -0.2) is 28.7 Å². The van der Waals surface area contributed by atoms with E-state index < -0.39 is 6.10 Å². The minimum atomic E-state index is -0.513. The second-order valence-corrected chi connectivity index (χ2v) is 4.41. The third-order valence-corrected chi connectivity index (χ3v) is 3.11. The van der Waals surface area contributed by atoms with E-state index in [1.807, 2.05) is 6.92 Å². The molecule has 0 saturated heterocycles. The topological polar surface area (TPSA) is 71.5 Å². The summed E-state index contributed by atoms with van der Waals surface area (Å²) in [4.78, 5) is 16.0. The van der Waals surface area contributed by atoms with Gasteiger partial charge in [-0.15, -0.1) is 0 Å². The molecular formula is C13H18N2O3. The Morgan fingerprint density at radius 1 is 1.56 bits per heavy atom. The third kappa shape index (κ3) is 2.98. The van der Waals surface area contributed by atoms with Crippen molar-refractivity contribution in [1.29, 1.82) is 0 Å². The Balaban J connectivity index is 1.94. The molecule has 1 aliphatic carbocycles. The van der Waals surface area contributed by atoms with Gasteiger partial charge in [0, 0.05) is 6.07 Å². The summed E-state index contributed by atoms with van der Waals surface area (Å²) in [5.74, 6) is 0.110. The van der Waals surface area contributed by atoms with Crippen LogP contribution in [0, 0.1) is 5.92 Å². The molecule has 2 atom stereocenters. The van der Waals surface area contributed by atoms with Crippen LogP contribution >= 0.6 is 0 Å². The van der Waals surface area contributed by atoms with Crippen molar-refractivity contribution in [2.45, 2.75) is 32.3 Å². The Kier molecular flexibility index (Phi) is 4.15. The molecule has 98 valence electrons. The molecule has 5 heteroatoms. The van der Waals surface area contributed by atoms with E-state index in [4.69, 9.17) is 4.74 Å². The lowest BCUT2D eigenvalue weighted by Crippen LogP contribution is -2.28. The molecule has 0 aromatic carbocycles. The maximum Gasteiger partial charge on any atom is 0.230 e. The summed E-state index contributed by atoms with van der Waals surface area (Å²) in [5, 5.41) is 12.4. The molecule has 1 amide bonds. The van der Waals surface area contributed by atoms with E-state index in [0.717, 1.165) is 12.8 Å². The number of hydrogen-bond donors (Lipinski definition) is 2. The molecule has 5 nitrogen and oxygen atoms in total. The van der Waals surface area contributed by atoms with Gasteiger partial charge in [-0.25, -0.2) is 4.98 Å². The van der Waals surface area contributed by atoms with Crippen LogP contribution in [-0.2, 0) is 4.79 Å². The second-order valence-electron chi connectivity index (χ2n) is 4.41. The highest BCUT2D eigenvalue weighted by Crippen LogP contribution is 2.26. The number of pyridine rings is 1. The molecule has 1 heterocycles. The summed E-state index contributed by atoms with van der Waals surface area (Å²) in [6.45, 7) is 2.45. The lowest BCUT2D eigenvalue weighted by Gasteiger charge is -2.14. The number of ether oxygens (including phenoxy) is 1. The first-order valence-corrected chi connectivity index (χ1v) is 6.28. The van der Waals surface area contributed by atoms with E-state index in [9.17, 15) is 9.90 Å². The van der Waals surface area contributed by atoms with E-state index in [2.05, 4.69) is 10.3 Å². The van der Waals surface area contributed by atoms with Gasteiger partial charge in [-0.2, -0.15) is 0 Å². The average molecular weight is 250 g/mol. The van der Waals surface area contributed by atoms with Gasteiger partial charge >= 0.3 is 0 Å². The highest BCUT2D eigenvalue weighted by molar-refractivity contribution is 5.92. The maximum atomic E-state index is 11.9. The van der Waals surface area contributed by atoms with Crippen LogP contribution in [0.25, 0.3) is 0 Å². The zero-order valence-electron chi connectivity index (χ0n) is 10.4. The molecule has 2 N–H and O–H groups in total. The number of anilines is 1. The number of rotatable bonds is 4. The van der Waals surface area contributed by atoms with Gasteiger partial charge in [0.1, 0.15) is 0 Å². The van der Waals surface area contributed by atoms with E-state index in [0.29, 0.717) is 24.6 Å². The minimum absolute atomic E-state index is 0.133. The number of aliphatic hydroxyl groups excluding tert-OH is 1. The Morgan fingerprint density at radius 2 is 2.39 bits per heavy atom. The molecule has 0 aliphatic heterocycles. The fourth-order valence-electron chi connectivity index (χ4n) is 2.17. The maximum absolute atomic E-state index is 11.9. The molecule has 1 aromatic heterocycles. The van der Waals surface area contributed by atoms with E-state index in [1.165, 1.54) is 0 Å². The monoisotopic (exact) mass is 250 g/mol. The van der Waals surface area contributed by atoms with Gasteiger partial charge in [0.05, 0.1) is 30.5 Å². The normalized spacial score (nSPS) is 22.8. The van der Waals surface area contributed by atoms with Crippen molar-refractivity contribution in [1.82, 2.24) is 4.98 Å². The largest absolute Gasteiger partial charge is 0.478 e. The first-order chi connectivity index (χ1) is 8.70. The van der Waals surface area contributed by atoms with Gasteiger partial charge < -0.3 is 15.2 Å². The van der Waals surface area contributed by atoms with Gasteiger partial charge in [-0.1, -0.05) is 0 Å². The first kappa shape index (κ1) is 12.8. The van der Waals surface area contributed by atoms with Gasteiger partial charge in [0.2, 0.25) is 11.8 Å². The third-order valence-electron chi connectivity index (χ3n) is 3.11. The van der Waals surface area contributed by atoms with Crippen LogP contribution in [0.2, 0.25) is 0 Å². The van der Waals surface area contributed by atoms with E-state index in [-0.39, 0.29) is 11.8 Å². The fourth-order valence-corrected chi connectivity index (χ4v) is 2.17. The number of nitrogens with zero attached hydrogens (tertiary/aromatic N) is 1. The summed E-state index contributed by atoms with van der Waals surface area (Å²) in [6.07, 6.45) is 3.41. The summed E-state index contributed by atoms with van der Waals surface area (Å²) >= 11 is 0.